The van der Waals surface area contributed by atoms with Crippen molar-refractivity contribution in [1.29, 1.82) is 0 Å². The van der Waals surface area contributed by atoms with Gasteiger partial charge in [-0.3, -0.25) is 4.99 Å². The van der Waals surface area contributed by atoms with Crippen LogP contribution in [0.2, 0.25) is 0 Å². The van der Waals surface area contributed by atoms with Crippen LogP contribution in [-0.2, 0) is 4.84 Å². The maximum Gasteiger partial charge on any atom is 0.159 e. The molecule has 1 aromatic rings. The molecule has 0 amide bonds. The van der Waals surface area contributed by atoms with Crippen LogP contribution >= 0.6 is 11.8 Å². The van der Waals surface area contributed by atoms with Gasteiger partial charge in [0, 0.05) is 12.6 Å². The lowest BCUT2D eigenvalue weighted by molar-refractivity contribution is 0.209. The molecule has 1 aliphatic carbocycles. The molecule has 0 spiro atoms. The van der Waals surface area contributed by atoms with Crippen molar-refractivity contribution < 1.29 is 9.94 Å². The first kappa shape index (κ1) is 17.4. The molecule has 0 bridgehead atoms. The summed E-state index contributed by atoms with van der Waals surface area (Å²) < 4.78 is 0. The van der Waals surface area contributed by atoms with Crippen molar-refractivity contribution in [2.24, 2.45) is 10.1 Å². The number of rotatable bonds is 6. The third kappa shape index (κ3) is 5.63. The Labute approximate surface area is 141 Å². The molecule has 124 valence electrons. The Morgan fingerprint density at radius 3 is 2.83 bits per heavy atom. The first-order valence-corrected chi connectivity index (χ1v) is 8.73. The highest BCUT2D eigenvalue weighted by atomic mass is 32.2. The summed E-state index contributed by atoms with van der Waals surface area (Å²) in [6, 6.07) is 7.39. The molecular formula is C17H23N3O2S. The van der Waals surface area contributed by atoms with Crippen LogP contribution in [-0.4, -0.2) is 46.8 Å². The second-order valence-electron chi connectivity index (χ2n) is 5.56. The highest BCUT2D eigenvalue weighted by molar-refractivity contribution is 8.13. The average Bonchev–Trinajstić information content (AvgIpc) is 3.34. The molecule has 0 unspecified atom stereocenters. The monoisotopic (exact) mass is 333 g/mol. The number of hydrogen-bond donors (Lipinski definition) is 1. The van der Waals surface area contributed by atoms with E-state index >= 15 is 0 Å². The zero-order chi connectivity index (χ0) is 16.8. The van der Waals surface area contributed by atoms with Crippen molar-refractivity contribution in [3.63, 3.8) is 0 Å². The van der Waals surface area contributed by atoms with Gasteiger partial charge in [-0.25, -0.2) is 0 Å². The highest BCUT2D eigenvalue weighted by Gasteiger charge is 2.22. The Kier molecular flexibility index (Phi) is 6.10. The van der Waals surface area contributed by atoms with E-state index in [1.165, 1.54) is 12.8 Å². The van der Waals surface area contributed by atoms with E-state index < -0.39 is 0 Å². The molecule has 6 heteroatoms. The van der Waals surface area contributed by atoms with E-state index in [4.69, 9.17) is 4.84 Å². The van der Waals surface area contributed by atoms with Crippen LogP contribution in [0.3, 0.4) is 0 Å². The molecule has 0 radical (unpaired) electrons. The van der Waals surface area contributed by atoms with Crippen LogP contribution in [0.1, 0.15) is 25.3 Å². The number of phenols is 1. The topological polar surface area (TPSA) is 57.4 Å². The van der Waals surface area contributed by atoms with E-state index in [1.54, 1.807) is 30.0 Å². The van der Waals surface area contributed by atoms with Crippen LogP contribution in [0.5, 0.6) is 5.75 Å². The first-order valence-electron chi connectivity index (χ1n) is 7.51. The second-order valence-corrected chi connectivity index (χ2v) is 6.33. The normalized spacial score (nSPS) is 15.4. The number of amidine groups is 1. The van der Waals surface area contributed by atoms with Crippen molar-refractivity contribution >= 4 is 22.6 Å². The fourth-order valence-electron chi connectivity index (χ4n) is 1.94. The molecule has 1 N–H and O–H groups in total. The number of hydrogen-bond acceptors (Lipinski definition) is 5. The predicted octanol–water partition coefficient (Wildman–Crippen LogP) is 3.46. The van der Waals surface area contributed by atoms with Crippen molar-refractivity contribution in [3.8, 4) is 5.75 Å². The lowest BCUT2D eigenvalue weighted by Gasteiger charge is -2.19. The molecule has 1 saturated carbocycles. The lowest BCUT2D eigenvalue weighted by atomic mass is 10.1. The minimum Gasteiger partial charge on any atom is -0.508 e. The standard InChI is InChI=1S/C17H23N3O2S/c1-12(11-20(3)17(23-4)18-15-8-9-15)22-19-13(2)14-6-5-7-16(21)10-14/h5-7,10,15,21H,1,8-9,11H2,2-4H3/b18-17?,19-13+. The molecule has 1 fully saturated rings. The lowest BCUT2D eigenvalue weighted by Crippen LogP contribution is -2.27. The van der Waals surface area contributed by atoms with Crippen LogP contribution < -0.4 is 0 Å². The van der Waals surface area contributed by atoms with Gasteiger partial charge in [0.05, 0.1) is 18.3 Å². The summed E-state index contributed by atoms with van der Waals surface area (Å²) in [6.45, 7) is 6.26. The highest BCUT2D eigenvalue weighted by Crippen LogP contribution is 2.25. The molecule has 0 saturated heterocycles. The number of aromatic hydroxyl groups is 1. The second kappa shape index (κ2) is 8.06. The van der Waals surface area contributed by atoms with Gasteiger partial charge in [-0.15, -0.1) is 0 Å². The molecule has 23 heavy (non-hydrogen) atoms. The van der Waals surface area contributed by atoms with Crippen molar-refractivity contribution in [1.82, 2.24) is 4.90 Å². The van der Waals surface area contributed by atoms with E-state index in [-0.39, 0.29) is 5.75 Å². The Bertz CT molecular complexity index is 624. The van der Waals surface area contributed by atoms with Gasteiger partial charge in [-0.05, 0) is 38.2 Å². The Morgan fingerprint density at radius 1 is 1.48 bits per heavy atom. The van der Waals surface area contributed by atoms with Crippen molar-refractivity contribution in [3.05, 3.63) is 42.2 Å². The van der Waals surface area contributed by atoms with Gasteiger partial charge in [-0.1, -0.05) is 35.6 Å². The number of phenolic OH excluding ortho intramolecular Hbond substituents is 1. The third-order valence-electron chi connectivity index (χ3n) is 3.34. The molecule has 0 aromatic heterocycles. The number of oxime groups is 1. The minimum atomic E-state index is 0.205. The van der Waals surface area contributed by atoms with Crippen LogP contribution in [0.4, 0.5) is 0 Å². The van der Waals surface area contributed by atoms with Gasteiger partial charge in [0.2, 0.25) is 0 Å². The fourth-order valence-corrected chi connectivity index (χ4v) is 2.58. The summed E-state index contributed by atoms with van der Waals surface area (Å²) in [5, 5.41) is 14.6. The SMILES string of the molecule is C=C(CN(C)C(=NC1CC1)SC)O/N=C(\C)c1cccc(O)c1. The third-order valence-corrected chi connectivity index (χ3v) is 4.12. The zero-order valence-corrected chi connectivity index (χ0v) is 14.6. The average molecular weight is 333 g/mol. The summed E-state index contributed by atoms with van der Waals surface area (Å²) in [5.74, 6) is 0.751. The minimum absolute atomic E-state index is 0.205. The summed E-state index contributed by atoms with van der Waals surface area (Å²) in [7, 11) is 1.97. The quantitative estimate of drug-likeness (QED) is 0.375. The largest absolute Gasteiger partial charge is 0.508 e. The molecule has 0 atom stereocenters. The number of likely N-dealkylation sites (N-methyl/N-ethyl adjacent to an activating group) is 1. The predicted molar refractivity (Wildman–Crippen MR) is 97.1 cm³/mol. The fraction of sp³-hybridized carbons (Fsp3) is 0.412. The van der Waals surface area contributed by atoms with Gasteiger partial charge in [0.25, 0.3) is 0 Å². The van der Waals surface area contributed by atoms with Gasteiger partial charge in [-0.2, -0.15) is 0 Å². The van der Waals surface area contributed by atoms with Crippen molar-refractivity contribution in [2.45, 2.75) is 25.8 Å². The van der Waals surface area contributed by atoms with Crippen LogP contribution in [0.15, 0.2) is 46.8 Å². The van der Waals surface area contributed by atoms with E-state index in [2.05, 4.69) is 16.7 Å². The van der Waals surface area contributed by atoms with Crippen molar-refractivity contribution in [2.75, 3.05) is 19.8 Å². The first-order chi connectivity index (χ1) is 11.0. The van der Waals surface area contributed by atoms with E-state index in [9.17, 15) is 5.11 Å². The summed E-state index contributed by atoms with van der Waals surface area (Å²) in [4.78, 5) is 12.1. The van der Waals surface area contributed by atoms with Gasteiger partial charge in [0.15, 0.2) is 5.17 Å². The van der Waals surface area contributed by atoms with E-state index in [0.29, 0.717) is 24.1 Å². The number of thioether (sulfide) groups is 1. The zero-order valence-electron chi connectivity index (χ0n) is 13.8. The van der Waals surface area contributed by atoms with Gasteiger partial charge < -0.3 is 14.8 Å². The summed E-state index contributed by atoms with van der Waals surface area (Å²) in [5.41, 5.74) is 1.49. The Balaban J connectivity index is 1.89. The summed E-state index contributed by atoms with van der Waals surface area (Å²) in [6.07, 6.45) is 4.39. The van der Waals surface area contributed by atoms with Crippen LogP contribution in [0, 0.1) is 0 Å². The molecule has 0 heterocycles. The number of benzene rings is 1. The molecule has 0 aliphatic heterocycles. The Hall–Kier alpha value is -1.95. The van der Waals surface area contributed by atoms with Gasteiger partial charge in [0.1, 0.15) is 11.5 Å². The molecule has 5 nitrogen and oxygen atoms in total. The van der Waals surface area contributed by atoms with E-state index in [1.807, 2.05) is 31.2 Å². The Morgan fingerprint density at radius 2 is 2.22 bits per heavy atom. The molecule has 1 aromatic carbocycles. The number of aliphatic imine (C=N–C) groups is 1. The molecular weight excluding hydrogens is 310 g/mol. The maximum atomic E-state index is 9.49. The van der Waals surface area contributed by atoms with Gasteiger partial charge >= 0.3 is 0 Å². The molecule has 1 aliphatic rings. The number of nitrogens with zero attached hydrogens (tertiary/aromatic N) is 3. The molecule has 2 rings (SSSR count). The smallest absolute Gasteiger partial charge is 0.159 e. The van der Waals surface area contributed by atoms with Crippen LogP contribution in [0.25, 0.3) is 0 Å². The van der Waals surface area contributed by atoms with E-state index in [0.717, 1.165) is 10.7 Å². The summed E-state index contributed by atoms with van der Waals surface area (Å²) >= 11 is 1.63. The maximum absolute atomic E-state index is 9.49.